The van der Waals surface area contributed by atoms with Crippen molar-refractivity contribution in [2.45, 2.75) is 44.8 Å². The number of nitrogens with zero attached hydrogens (tertiary/aromatic N) is 2. The van der Waals surface area contributed by atoms with E-state index in [-0.39, 0.29) is 6.03 Å². The molecule has 0 saturated carbocycles. The Kier molecular flexibility index (Phi) is 7.02. The zero-order valence-electron chi connectivity index (χ0n) is 17.1. The predicted molar refractivity (Wildman–Crippen MR) is 108 cm³/mol. The van der Waals surface area contributed by atoms with Crippen LogP contribution in [0.1, 0.15) is 38.2 Å². The quantitative estimate of drug-likeness (QED) is 0.746. The van der Waals surface area contributed by atoms with Crippen molar-refractivity contribution < 1.29 is 19.4 Å². The second-order valence-electron chi connectivity index (χ2n) is 7.77. The van der Waals surface area contributed by atoms with E-state index in [0.717, 1.165) is 25.2 Å². The summed E-state index contributed by atoms with van der Waals surface area (Å²) in [6, 6.07) is 5.59. The Balaban J connectivity index is 1.47. The van der Waals surface area contributed by atoms with Crippen LogP contribution in [0.25, 0.3) is 0 Å². The molecule has 7 heteroatoms. The van der Waals surface area contributed by atoms with Gasteiger partial charge in [0.2, 0.25) is 0 Å². The van der Waals surface area contributed by atoms with Gasteiger partial charge in [0.05, 0.1) is 19.3 Å². The zero-order valence-corrected chi connectivity index (χ0v) is 17.1. The van der Waals surface area contributed by atoms with E-state index >= 15 is 0 Å². The average molecular weight is 392 g/mol. The lowest BCUT2D eigenvalue weighted by Gasteiger charge is -2.40. The monoisotopic (exact) mass is 391 g/mol. The van der Waals surface area contributed by atoms with Gasteiger partial charge in [0, 0.05) is 26.2 Å². The summed E-state index contributed by atoms with van der Waals surface area (Å²) >= 11 is 0. The fraction of sp³-hybridized carbons (Fsp3) is 0.667. The highest BCUT2D eigenvalue weighted by Crippen LogP contribution is 2.28. The number of urea groups is 1. The highest BCUT2D eigenvalue weighted by Gasteiger charge is 2.35. The second-order valence-corrected chi connectivity index (χ2v) is 7.77. The van der Waals surface area contributed by atoms with Crippen molar-refractivity contribution in [2.24, 2.45) is 0 Å². The molecule has 7 nitrogen and oxygen atoms in total. The van der Waals surface area contributed by atoms with Crippen molar-refractivity contribution in [3.63, 3.8) is 0 Å². The predicted octanol–water partition coefficient (Wildman–Crippen LogP) is 2.23. The van der Waals surface area contributed by atoms with Crippen LogP contribution in [0.15, 0.2) is 18.2 Å². The molecule has 0 bridgehead atoms. The van der Waals surface area contributed by atoms with Gasteiger partial charge in [-0.05, 0) is 63.4 Å². The Morgan fingerprint density at radius 3 is 2.54 bits per heavy atom. The van der Waals surface area contributed by atoms with Gasteiger partial charge in [-0.1, -0.05) is 6.07 Å². The second kappa shape index (κ2) is 9.47. The van der Waals surface area contributed by atoms with Crippen molar-refractivity contribution in [3.8, 4) is 11.5 Å². The van der Waals surface area contributed by atoms with Crippen molar-refractivity contribution in [1.29, 1.82) is 0 Å². The minimum Gasteiger partial charge on any atom is -0.493 e. The van der Waals surface area contributed by atoms with Gasteiger partial charge in [-0.25, -0.2) is 4.79 Å². The van der Waals surface area contributed by atoms with Crippen LogP contribution in [0, 0.1) is 0 Å². The first-order valence-electron chi connectivity index (χ1n) is 10.3. The van der Waals surface area contributed by atoms with Crippen LogP contribution < -0.4 is 14.8 Å². The number of methoxy groups -OCH3 is 1. The van der Waals surface area contributed by atoms with Gasteiger partial charge in [-0.3, -0.25) is 0 Å². The molecule has 1 aromatic carbocycles. The lowest BCUT2D eigenvalue weighted by Crippen LogP contribution is -2.53. The van der Waals surface area contributed by atoms with E-state index in [1.807, 2.05) is 25.1 Å². The van der Waals surface area contributed by atoms with E-state index < -0.39 is 5.60 Å². The number of β-amino-alcohol motifs (C(OH)–C–C–N with tert-alkyl or cyclic N) is 1. The van der Waals surface area contributed by atoms with E-state index in [4.69, 9.17) is 9.47 Å². The molecule has 2 aliphatic rings. The Hall–Kier alpha value is -1.99. The first-order valence-corrected chi connectivity index (χ1v) is 10.3. The van der Waals surface area contributed by atoms with E-state index in [1.165, 1.54) is 12.8 Å². The van der Waals surface area contributed by atoms with Gasteiger partial charge in [0.1, 0.15) is 0 Å². The molecule has 2 amide bonds. The topological polar surface area (TPSA) is 74.3 Å². The van der Waals surface area contributed by atoms with E-state index in [0.29, 0.717) is 50.6 Å². The van der Waals surface area contributed by atoms with Gasteiger partial charge < -0.3 is 29.7 Å². The highest BCUT2D eigenvalue weighted by atomic mass is 16.5. The number of rotatable bonds is 7. The minimum atomic E-state index is -0.663. The molecule has 0 unspecified atom stereocenters. The smallest absolute Gasteiger partial charge is 0.317 e. The van der Waals surface area contributed by atoms with Gasteiger partial charge in [-0.2, -0.15) is 0 Å². The van der Waals surface area contributed by atoms with Crippen molar-refractivity contribution in [2.75, 3.05) is 46.4 Å². The molecule has 1 aromatic rings. The van der Waals surface area contributed by atoms with E-state index in [1.54, 1.807) is 12.0 Å². The number of aliphatic hydroxyl groups is 1. The summed E-state index contributed by atoms with van der Waals surface area (Å²) in [5.41, 5.74) is 0.295. The third-order valence-electron chi connectivity index (χ3n) is 5.67. The molecule has 28 heavy (non-hydrogen) atoms. The van der Waals surface area contributed by atoms with Crippen LogP contribution in [-0.4, -0.2) is 73.0 Å². The fourth-order valence-electron chi connectivity index (χ4n) is 4.03. The van der Waals surface area contributed by atoms with Gasteiger partial charge in [-0.15, -0.1) is 0 Å². The maximum atomic E-state index is 12.5. The average Bonchev–Trinajstić information content (AvgIpc) is 3.19. The lowest BCUT2D eigenvalue weighted by molar-refractivity contribution is -0.0339. The molecular formula is C21H33N3O4. The third-order valence-corrected chi connectivity index (χ3v) is 5.67. The Morgan fingerprint density at radius 2 is 1.89 bits per heavy atom. The molecule has 2 heterocycles. The molecule has 0 aliphatic carbocycles. The summed E-state index contributed by atoms with van der Waals surface area (Å²) in [4.78, 5) is 16.7. The molecule has 2 saturated heterocycles. The molecule has 2 aliphatic heterocycles. The number of carbonyl (C=O) groups excluding carboxylic acids is 1. The van der Waals surface area contributed by atoms with Gasteiger partial charge in [0.15, 0.2) is 11.5 Å². The first-order chi connectivity index (χ1) is 13.5. The zero-order chi connectivity index (χ0) is 20.0. The standard InChI is InChI=1S/C21H33N3O4/c1-3-28-19-14-17(6-7-18(19)27-2)15-22-20(25)24-12-8-21(26,9-13-24)16-23-10-4-5-11-23/h6-7,14,26H,3-5,8-13,15-16H2,1-2H3,(H,22,25). The Labute approximate surface area is 167 Å². The minimum absolute atomic E-state index is 0.0861. The van der Waals surface area contributed by atoms with Crippen LogP contribution in [0.3, 0.4) is 0 Å². The van der Waals surface area contributed by atoms with E-state index in [2.05, 4.69) is 10.2 Å². The highest BCUT2D eigenvalue weighted by molar-refractivity contribution is 5.74. The van der Waals surface area contributed by atoms with Crippen LogP contribution in [0.5, 0.6) is 11.5 Å². The van der Waals surface area contributed by atoms with Crippen LogP contribution in [0.4, 0.5) is 4.79 Å². The fourth-order valence-corrected chi connectivity index (χ4v) is 4.03. The van der Waals surface area contributed by atoms with Crippen LogP contribution in [-0.2, 0) is 6.54 Å². The van der Waals surface area contributed by atoms with Crippen LogP contribution in [0.2, 0.25) is 0 Å². The molecular weight excluding hydrogens is 358 g/mol. The van der Waals surface area contributed by atoms with Gasteiger partial charge >= 0.3 is 6.03 Å². The number of piperidine rings is 1. The third kappa shape index (κ3) is 5.29. The number of carbonyl (C=O) groups is 1. The SMILES string of the molecule is CCOc1cc(CNC(=O)N2CCC(O)(CN3CCCC3)CC2)ccc1OC. The number of likely N-dealkylation sites (tertiary alicyclic amines) is 2. The molecule has 0 atom stereocenters. The Bertz CT molecular complexity index is 653. The maximum Gasteiger partial charge on any atom is 0.317 e. The molecule has 0 spiro atoms. The van der Waals surface area contributed by atoms with E-state index in [9.17, 15) is 9.90 Å². The van der Waals surface area contributed by atoms with Crippen molar-refractivity contribution >= 4 is 6.03 Å². The number of benzene rings is 1. The molecule has 156 valence electrons. The number of nitrogens with one attached hydrogen (secondary N) is 1. The lowest BCUT2D eigenvalue weighted by atomic mass is 9.91. The summed E-state index contributed by atoms with van der Waals surface area (Å²) < 4.78 is 10.9. The normalized spacial score (nSPS) is 19.5. The summed E-state index contributed by atoms with van der Waals surface area (Å²) in [7, 11) is 1.61. The number of hydrogen-bond donors (Lipinski definition) is 2. The van der Waals surface area contributed by atoms with Crippen molar-refractivity contribution in [1.82, 2.24) is 15.1 Å². The molecule has 0 radical (unpaired) electrons. The number of amides is 2. The molecule has 0 aromatic heterocycles. The first kappa shape index (κ1) is 20.7. The molecule has 2 N–H and O–H groups in total. The summed E-state index contributed by atoms with van der Waals surface area (Å²) in [6.07, 6.45) is 3.71. The Morgan fingerprint density at radius 1 is 1.18 bits per heavy atom. The van der Waals surface area contributed by atoms with Gasteiger partial charge in [0.25, 0.3) is 0 Å². The van der Waals surface area contributed by atoms with Crippen LogP contribution >= 0.6 is 0 Å². The largest absolute Gasteiger partial charge is 0.493 e. The number of hydrogen-bond acceptors (Lipinski definition) is 5. The maximum absolute atomic E-state index is 12.5. The summed E-state index contributed by atoms with van der Waals surface area (Å²) in [5.74, 6) is 1.37. The molecule has 2 fully saturated rings. The summed E-state index contributed by atoms with van der Waals surface area (Å²) in [5, 5.41) is 13.8. The van der Waals surface area contributed by atoms with Crippen molar-refractivity contribution in [3.05, 3.63) is 23.8 Å². The number of ether oxygens (including phenoxy) is 2. The summed E-state index contributed by atoms with van der Waals surface area (Å²) in [6.45, 7) is 6.98. The molecule has 3 rings (SSSR count).